The van der Waals surface area contributed by atoms with E-state index < -0.39 is 0 Å². The molecule has 0 amide bonds. The van der Waals surface area contributed by atoms with Crippen LogP contribution in [0.15, 0.2) is 6.07 Å². The minimum absolute atomic E-state index is 0.0748. The van der Waals surface area contributed by atoms with Crippen LogP contribution in [-0.4, -0.2) is 7.11 Å². The quantitative estimate of drug-likeness (QED) is 0.774. The van der Waals surface area contributed by atoms with Crippen molar-refractivity contribution in [3.63, 3.8) is 0 Å². The number of benzene rings is 1. The number of nitriles is 1. The third kappa shape index (κ3) is 2.04. The first-order chi connectivity index (χ1) is 7.56. The molecule has 2 heteroatoms. The van der Waals surface area contributed by atoms with E-state index in [1.54, 1.807) is 7.11 Å². The van der Waals surface area contributed by atoms with E-state index in [-0.39, 0.29) is 5.92 Å². The normalized spacial score (nSPS) is 12.0. The average Bonchev–Trinajstić information content (AvgIpc) is 2.27. The summed E-state index contributed by atoms with van der Waals surface area (Å²) >= 11 is 0. The second-order valence-corrected chi connectivity index (χ2v) is 4.17. The lowest BCUT2D eigenvalue weighted by molar-refractivity contribution is 0.403. The molecule has 2 nitrogen and oxygen atoms in total. The minimum atomic E-state index is -0.0748. The lowest BCUT2D eigenvalue weighted by Gasteiger charge is -2.19. The largest absolute Gasteiger partial charge is 0.496 e. The SMILES string of the molecule is CCC(C#N)c1c(C)cc(C)c(C)c1OC. The summed E-state index contributed by atoms with van der Waals surface area (Å²) in [6, 6.07) is 4.48. The van der Waals surface area contributed by atoms with Gasteiger partial charge in [-0.1, -0.05) is 13.0 Å². The Bertz CT molecular complexity index is 429. The van der Waals surface area contributed by atoms with Gasteiger partial charge in [-0.3, -0.25) is 0 Å². The number of methoxy groups -OCH3 is 1. The van der Waals surface area contributed by atoms with Crippen LogP contribution in [-0.2, 0) is 0 Å². The van der Waals surface area contributed by atoms with Crippen LogP contribution < -0.4 is 4.74 Å². The summed E-state index contributed by atoms with van der Waals surface area (Å²) in [5, 5.41) is 9.18. The Morgan fingerprint density at radius 3 is 2.38 bits per heavy atom. The number of ether oxygens (including phenoxy) is 1. The highest BCUT2D eigenvalue weighted by molar-refractivity contribution is 5.52. The smallest absolute Gasteiger partial charge is 0.126 e. The monoisotopic (exact) mass is 217 g/mol. The summed E-state index contributed by atoms with van der Waals surface area (Å²) in [4.78, 5) is 0. The first-order valence-corrected chi connectivity index (χ1v) is 5.61. The maximum absolute atomic E-state index is 9.18. The van der Waals surface area contributed by atoms with Crippen molar-refractivity contribution in [2.75, 3.05) is 7.11 Å². The summed E-state index contributed by atoms with van der Waals surface area (Å²) in [5.74, 6) is 0.806. The van der Waals surface area contributed by atoms with Crippen molar-refractivity contribution in [2.24, 2.45) is 0 Å². The number of rotatable bonds is 3. The van der Waals surface area contributed by atoms with E-state index in [1.165, 1.54) is 5.56 Å². The van der Waals surface area contributed by atoms with Gasteiger partial charge < -0.3 is 4.74 Å². The first-order valence-electron chi connectivity index (χ1n) is 5.61. The van der Waals surface area contributed by atoms with Gasteiger partial charge in [-0.05, 0) is 43.9 Å². The summed E-state index contributed by atoms with van der Waals surface area (Å²) in [5.41, 5.74) is 4.55. The molecule has 1 rings (SSSR count). The lowest BCUT2D eigenvalue weighted by atomic mass is 9.89. The van der Waals surface area contributed by atoms with Crippen molar-refractivity contribution >= 4 is 0 Å². The molecular weight excluding hydrogens is 198 g/mol. The maximum atomic E-state index is 9.18. The zero-order valence-corrected chi connectivity index (χ0v) is 10.7. The van der Waals surface area contributed by atoms with Crippen LogP contribution in [0.4, 0.5) is 0 Å². The molecule has 1 atom stereocenters. The highest BCUT2D eigenvalue weighted by Crippen LogP contribution is 2.35. The molecule has 0 fully saturated rings. The molecule has 0 aromatic heterocycles. The molecule has 1 aromatic rings. The second-order valence-electron chi connectivity index (χ2n) is 4.17. The van der Waals surface area contributed by atoms with Gasteiger partial charge in [0.25, 0.3) is 0 Å². The molecule has 1 unspecified atom stereocenters. The second kappa shape index (κ2) is 5.03. The highest BCUT2D eigenvalue weighted by Gasteiger charge is 2.19. The fourth-order valence-corrected chi connectivity index (χ4v) is 2.13. The Labute approximate surface area is 97.9 Å². The molecule has 0 aliphatic rings. The molecule has 1 aromatic carbocycles. The number of aryl methyl sites for hydroxylation is 2. The molecule has 0 spiro atoms. The topological polar surface area (TPSA) is 33.0 Å². The van der Waals surface area contributed by atoms with Crippen LogP contribution in [0.5, 0.6) is 5.75 Å². The molecule has 0 heterocycles. The van der Waals surface area contributed by atoms with E-state index in [0.717, 1.165) is 28.9 Å². The van der Waals surface area contributed by atoms with Crippen molar-refractivity contribution in [1.29, 1.82) is 5.26 Å². The van der Waals surface area contributed by atoms with Gasteiger partial charge in [0.15, 0.2) is 0 Å². The van der Waals surface area contributed by atoms with Gasteiger partial charge in [0, 0.05) is 5.56 Å². The van der Waals surface area contributed by atoms with Crippen molar-refractivity contribution in [3.05, 3.63) is 28.3 Å². The Hall–Kier alpha value is -1.49. The summed E-state index contributed by atoms with van der Waals surface area (Å²) < 4.78 is 5.47. The number of hydrogen-bond acceptors (Lipinski definition) is 2. The van der Waals surface area contributed by atoms with Gasteiger partial charge in [-0.15, -0.1) is 0 Å². The molecule has 0 radical (unpaired) electrons. The fraction of sp³-hybridized carbons (Fsp3) is 0.500. The van der Waals surface area contributed by atoms with E-state index >= 15 is 0 Å². The molecule has 0 aliphatic heterocycles. The molecule has 0 bridgehead atoms. The van der Waals surface area contributed by atoms with E-state index in [9.17, 15) is 5.26 Å². The fourth-order valence-electron chi connectivity index (χ4n) is 2.13. The van der Waals surface area contributed by atoms with Crippen LogP contribution in [0.25, 0.3) is 0 Å². The molecule has 0 saturated heterocycles. The summed E-state index contributed by atoms with van der Waals surface area (Å²) in [7, 11) is 1.68. The molecule has 0 saturated carbocycles. The first kappa shape index (κ1) is 12.6. The van der Waals surface area contributed by atoms with Gasteiger partial charge in [0.2, 0.25) is 0 Å². The Morgan fingerprint density at radius 2 is 1.94 bits per heavy atom. The van der Waals surface area contributed by atoms with E-state index in [0.29, 0.717) is 0 Å². The zero-order chi connectivity index (χ0) is 12.3. The molecular formula is C14H19NO. The molecule has 86 valence electrons. The summed E-state index contributed by atoms with van der Waals surface area (Å²) in [6.07, 6.45) is 0.816. The summed E-state index contributed by atoms with van der Waals surface area (Å²) in [6.45, 7) is 8.19. The Morgan fingerprint density at radius 1 is 1.31 bits per heavy atom. The maximum Gasteiger partial charge on any atom is 0.126 e. The third-order valence-corrected chi connectivity index (χ3v) is 3.15. The van der Waals surface area contributed by atoms with Gasteiger partial charge in [-0.2, -0.15) is 5.26 Å². The van der Waals surface area contributed by atoms with Crippen molar-refractivity contribution < 1.29 is 4.74 Å². The predicted molar refractivity (Wildman–Crippen MR) is 65.9 cm³/mol. The molecule has 16 heavy (non-hydrogen) atoms. The van der Waals surface area contributed by atoms with Crippen molar-refractivity contribution in [2.45, 2.75) is 40.0 Å². The Balaban J connectivity index is 3.49. The van der Waals surface area contributed by atoms with Crippen LogP contribution in [0.1, 0.15) is 41.5 Å². The van der Waals surface area contributed by atoms with Gasteiger partial charge >= 0.3 is 0 Å². The zero-order valence-electron chi connectivity index (χ0n) is 10.7. The van der Waals surface area contributed by atoms with Gasteiger partial charge in [-0.25, -0.2) is 0 Å². The third-order valence-electron chi connectivity index (χ3n) is 3.15. The highest BCUT2D eigenvalue weighted by atomic mass is 16.5. The predicted octanol–water partition coefficient (Wildman–Crippen LogP) is 3.64. The van der Waals surface area contributed by atoms with Crippen LogP contribution in [0.2, 0.25) is 0 Å². The average molecular weight is 217 g/mol. The Kier molecular flexibility index (Phi) is 3.95. The lowest BCUT2D eigenvalue weighted by Crippen LogP contribution is -2.04. The minimum Gasteiger partial charge on any atom is -0.496 e. The van der Waals surface area contributed by atoms with E-state index in [1.807, 2.05) is 20.8 Å². The van der Waals surface area contributed by atoms with E-state index in [4.69, 9.17) is 4.74 Å². The van der Waals surface area contributed by atoms with Crippen molar-refractivity contribution in [3.8, 4) is 11.8 Å². The van der Waals surface area contributed by atoms with Gasteiger partial charge in [0.05, 0.1) is 19.1 Å². The van der Waals surface area contributed by atoms with Crippen LogP contribution in [0, 0.1) is 32.1 Å². The van der Waals surface area contributed by atoms with Crippen molar-refractivity contribution in [1.82, 2.24) is 0 Å². The van der Waals surface area contributed by atoms with Crippen LogP contribution in [0.3, 0.4) is 0 Å². The van der Waals surface area contributed by atoms with Crippen LogP contribution >= 0.6 is 0 Å². The van der Waals surface area contributed by atoms with Gasteiger partial charge in [0.1, 0.15) is 5.75 Å². The van der Waals surface area contributed by atoms with E-state index in [2.05, 4.69) is 19.1 Å². The number of hydrogen-bond donors (Lipinski definition) is 0. The molecule has 0 N–H and O–H groups in total. The number of nitrogens with zero attached hydrogens (tertiary/aromatic N) is 1. The molecule has 0 aliphatic carbocycles. The standard InChI is InChI=1S/C14H19NO/c1-6-12(8-15)13-10(3)7-9(2)11(4)14(13)16-5/h7,12H,6H2,1-5H3.